The van der Waals surface area contributed by atoms with E-state index in [0.717, 1.165) is 0 Å². The first kappa shape index (κ1) is 30.3. The number of hydrogen-bond donors (Lipinski definition) is 0. The Morgan fingerprint density at radius 1 is 1.11 bits per heavy atom. The van der Waals surface area contributed by atoms with Crippen molar-refractivity contribution in [3.05, 3.63) is 0 Å². The third-order valence-corrected chi connectivity index (χ3v) is 1.10. The van der Waals surface area contributed by atoms with E-state index < -0.39 is 0 Å². The molecule has 0 aromatic carbocycles. The Bertz CT molecular complexity index is 23.3. The average molecular weight is 262 g/mol. The van der Waals surface area contributed by atoms with Gasteiger partial charge in [-0.25, -0.2) is 0 Å². The van der Waals surface area contributed by atoms with E-state index in [9.17, 15) is 0 Å². The van der Waals surface area contributed by atoms with Crippen LogP contribution in [-0.2, 0) is 0 Å². The summed E-state index contributed by atoms with van der Waals surface area (Å²) in [5.41, 5.74) is 0. The summed E-state index contributed by atoms with van der Waals surface area (Å²) in [6.07, 6.45) is 2.75. The average Bonchev–Trinajstić information content (AvgIpc) is 1.41. The van der Waals surface area contributed by atoms with Crippen molar-refractivity contribution in [3.8, 4) is 0 Å². The molecule has 0 aliphatic carbocycles. The van der Waals surface area contributed by atoms with E-state index in [1.165, 1.54) is 17.4 Å². The number of rotatable bonds is 2. The maximum atomic E-state index is 2.22. The van der Waals surface area contributed by atoms with Crippen molar-refractivity contribution < 1.29 is 37.2 Å². The van der Waals surface area contributed by atoms with Crippen molar-refractivity contribution in [2.45, 2.75) is 24.3 Å². The molecule has 0 saturated heterocycles. The molecule has 0 bridgehead atoms. The van der Waals surface area contributed by atoms with E-state index in [-0.39, 0.29) is 54.8 Å². The minimum absolute atomic E-state index is 0. The second kappa shape index (κ2) is 32.0. The van der Waals surface area contributed by atoms with Crippen LogP contribution < -0.4 is 37.2 Å². The van der Waals surface area contributed by atoms with Crippen molar-refractivity contribution in [1.29, 1.82) is 0 Å². The van der Waals surface area contributed by atoms with Crippen LogP contribution in [0.3, 0.4) is 0 Å². The molecule has 0 heterocycles. The van der Waals surface area contributed by atoms with E-state index in [0.29, 0.717) is 0 Å². The van der Waals surface area contributed by atoms with Crippen LogP contribution in [0.4, 0.5) is 0 Å². The molecule has 0 nitrogen and oxygen atoms in total. The molecule has 0 amide bonds. The molecule has 0 atom stereocenters. The van der Waals surface area contributed by atoms with Crippen LogP contribution in [0.25, 0.3) is 0 Å². The van der Waals surface area contributed by atoms with Crippen LogP contribution in [0, 0.1) is 0 Å². The predicted octanol–water partition coefficient (Wildman–Crippen LogP) is -8.53. The molecule has 0 spiro atoms. The second-order valence-corrected chi connectivity index (χ2v) is 1.91. The molecule has 0 saturated carbocycles. The molecule has 0 aliphatic heterocycles. The summed E-state index contributed by atoms with van der Waals surface area (Å²) in [6.45, 7) is 2.22. The fraction of sp³-hybridized carbons (Fsp3) is 1.00. The number of hydrogen-bond acceptors (Lipinski definition) is 0. The summed E-state index contributed by atoms with van der Waals surface area (Å²) in [5.74, 6) is 0. The monoisotopic (exact) mass is 262 g/mol. The van der Waals surface area contributed by atoms with Crippen molar-refractivity contribution in [3.63, 3.8) is 0 Å². The summed E-state index contributed by atoms with van der Waals surface area (Å²) in [6, 6.07) is 0. The molecule has 0 aromatic rings. The van der Waals surface area contributed by atoms with Crippen molar-refractivity contribution in [1.82, 2.24) is 0 Å². The van der Waals surface area contributed by atoms with Gasteiger partial charge < -0.3 is 37.2 Å². The van der Waals surface area contributed by atoms with Gasteiger partial charge >= 0.3 is 63.6 Å². The standard InChI is InChI=1S/C4H9.3ClH.GeH2.Mg/c1-3-4-2;;;;;/h1,3-4H2,2H3;3*1H;1H2;/q;;;;+2;+1/p-3. The Morgan fingerprint density at radius 2 is 1.44 bits per heavy atom. The molecule has 0 N–H and O–H groups in total. The van der Waals surface area contributed by atoms with Crippen LogP contribution >= 0.6 is 0 Å². The SMILES string of the molecule is CCC[CH2][Mg+].[Cl-].[Cl-].[Cl-].[GeH2+2]. The summed E-state index contributed by atoms with van der Waals surface area (Å²) in [7, 11) is 0. The quantitative estimate of drug-likeness (QED) is 0.434. The topological polar surface area (TPSA) is 0 Å². The number of halogens is 3. The van der Waals surface area contributed by atoms with Crippen LogP contribution in [0.5, 0.6) is 0 Å². The Balaban J connectivity index is -0.0000000133. The molecule has 0 rings (SSSR count). The van der Waals surface area contributed by atoms with E-state index in [2.05, 4.69) is 6.92 Å². The van der Waals surface area contributed by atoms with E-state index in [1.807, 2.05) is 21.7 Å². The van der Waals surface area contributed by atoms with Crippen molar-refractivity contribution in [2.24, 2.45) is 0 Å². The Kier molecular flexibility index (Phi) is 108. The van der Waals surface area contributed by atoms with Gasteiger partial charge in [0.1, 0.15) is 0 Å². The zero-order chi connectivity index (χ0) is 4.12. The van der Waals surface area contributed by atoms with Gasteiger partial charge in [-0.1, -0.05) is 0 Å². The van der Waals surface area contributed by atoms with Gasteiger partial charge in [-0.05, 0) is 0 Å². The molecule has 9 heavy (non-hydrogen) atoms. The number of unbranched alkanes of at least 4 members (excludes halogenated alkanes) is 1. The van der Waals surface area contributed by atoms with Gasteiger partial charge in [-0.15, -0.1) is 0 Å². The molecule has 0 radical (unpaired) electrons. The maximum absolute atomic E-state index is 2.22. The predicted molar refractivity (Wildman–Crippen MR) is 34.0 cm³/mol. The molecular formula is C4H11Cl3GeMg. The zero-order valence-corrected chi connectivity index (χ0v) is 12.3. The van der Waals surface area contributed by atoms with Gasteiger partial charge in [0, 0.05) is 0 Å². The van der Waals surface area contributed by atoms with Gasteiger partial charge in [0.05, 0.1) is 0 Å². The van der Waals surface area contributed by atoms with Gasteiger partial charge in [0.25, 0.3) is 0 Å². The van der Waals surface area contributed by atoms with Gasteiger partial charge in [-0.2, -0.15) is 0 Å². The van der Waals surface area contributed by atoms with Crippen LogP contribution in [0.2, 0.25) is 4.55 Å². The van der Waals surface area contributed by atoms with Crippen molar-refractivity contribution in [2.75, 3.05) is 0 Å². The van der Waals surface area contributed by atoms with Gasteiger partial charge in [-0.3, -0.25) is 0 Å². The molecule has 0 fully saturated rings. The van der Waals surface area contributed by atoms with Gasteiger partial charge in [0.15, 0.2) is 0 Å². The summed E-state index contributed by atoms with van der Waals surface area (Å²) >= 11 is 2.05. The normalized spacial score (nSPS) is 4.78. The summed E-state index contributed by atoms with van der Waals surface area (Å²) in [4.78, 5) is 0. The molecule has 0 aliphatic rings. The summed E-state index contributed by atoms with van der Waals surface area (Å²) < 4.78 is 1.37. The fourth-order valence-electron chi connectivity index (χ4n) is 0.250. The Morgan fingerprint density at radius 3 is 1.44 bits per heavy atom. The molecule has 5 heteroatoms. The fourth-order valence-corrected chi connectivity index (χ4v) is 0.750. The van der Waals surface area contributed by atoms with Crippen LogP contribution in [0.15, 0.2) is 0 Å². The first-order valence-electron chi connectivity index (χ1n) is 2.21. The van der Waals surface area contributed by atoms with E-state index >= 15 is 0 Å². The van der Waals surface area contributed by atoms with Crippen LogP contribution in [0.1, 0.15) is 19.8 Å². The molecule has 0 aromatic heterocycles. The first-order chi connectivity index (χ1) is 2.41. The summed E-state index contributed by atoms with van der Waals surface area (Å²) in [5, 5.41) is 0. The van der Waals surface area contributed by atoms with Crippen LogP contribution in [-0.4, -0.2) is 39.3 Å². The third kappa shape index (κ3) is 39.0. The van der Waals surface area contributed by atoms with Gasteiger partial charge in [0.2, 0.25) is 0 Å². The molecule has 54 valence electrons. The Hall–Kier alpha value is 2.18. The zero-order valence-electron chi connectivity index (χ0n) is 5.67. The Labute approximate surface area is 99.9 Å². The van der Waals surface area contributed by atoms with Crippen molar-refractivity contribution >= 4 is 39.3 Å². The minimum atomic E-state index is 0. The third-order valence-electron chi connectivity index (χ3n) is 0.604. The molecule has 0 unspecified atom stereocenters. The van der Waals surface area contributed by atoms with E-state index in [1.54, 1.807) is 0 Å². The molecular weight excluding hydrogens is 251 g/mol. The van der Waals surface area contributed by atoms with E-state index in [4.69, 9.17) is 0 Å². The second-order valence-electron chi connectivity index (χ2n) is 1.21. The first-order valence-corrected chi connectivity index (χ1v) is 3.21.